The third kappa shape index (κ3) is 1.77. The van der Waals surface area contributed by atoms with Crippen LogP contribution >= 0.6 is 15.9 Å². The quantitative estimate of drug-likeness (QED) is 0.848. The van der Waals surface area contributed by atoms with E-state index in [1.54, 1.807) is 18.2 Å². The lowest BCUT2D eigenvalue weighted by Gasteiger charge is -2.21. The van der Waals surface area contributed by atoms with Crippen LogP contribution in [0.2, 0.25) is 0 Å². The number of benzene rings is 2. The normalized spacial score (nSPS) is 21.1. The zero-order valence-corrected chi connectivity index (χ0v) is 11.2. The van der Waals surface area contributed by atoms with Gasteiger partial charge < -0.3 is 10.4 Å². The molecule has 5 heteroatoms. The first-order valence-electron chi connectivity index (χ1n) is 5.62. The molecule has 1 aliphatic heterocycles. The van der Waals surface area contributed by atoms with Gasteiger partial charge in [0.15, 0.2) is 5.60 Å². The smallest absolute Gasteiger partial charge is 0.265 e. The van der Waals surface area contributed by atoms with E-state index in [4.69, 9.17) is 0 Å². The number of fused-ring (bicyclic) bond motifs is 1. The highest BCUT2D eigenvalue weighted by Crippen LogP contribution is 2.41. The predicted molar refractivity (Wildman–Crippen MR) is 72.2 cm³/mol. The number of anilines is 1. The third-order valence-corrected chi connectivity index (χ3v) is 3.70. The number of nitrogens with one attached hydrogen (secondary N) is 1. The van der Waals surface area contributed by atoms with E-state index in [1.807, 2.05) is 0 Å². The molecule has 0 saturated heterocycles. The van der Waals surface area contributed by atoms with Crippen molar-refractivity contribution in [2.75, 3.05) is 5.32 Å². The van der Waals surface area contributed by atoms with Crippen LogP contribution in [0.1, 0.15) is 11.1 Å². The van der Waals surface area contributed by atoms with Crippen molar-refractivity contribution in [1.29, 1.82) is 0 Å². The molecule has 1 atom stereocenters. The Hall–Kier alpha value is -1.72. The van der Waals surface area contributed by atoms with Gasteiger partial charge in [0.2, 0.25) is 0 Å². The average Bonchev–Trinajstić information content (AvgIpc) is 2.64. The molecule has 2 aromatic rings. The van der Waals surface area contributed by atoms with Crippen molar-refractivity contribution in [2.24, 2.45) is 0 Å². The van der Waals surface area contributed by atoms with Gasteiger partial charge in [-0.05, 0) is 35.9 Å². The van der Waals surface area contributed by atoms with Gasteiger partial charge in [-0.3, -0.25) is 4.79 Å². The largest absolute Gasteiger partial charge is 0.372 e. The highest BCUT2D eigenvalue weighted by atomic mass is 79.9. The molecule has 0 fully saturated rings. The first-order valence-corrected chi connectivity index (χ1v) is 6.41. The highest BCUT2D eigenvalue weighted by Gasteiger charge is 2.46. The fourth-order valence-electron chi connectivity index (χ4n) is 2.24. The van der Waals surface area contributed by atoms with E-state index >= 15 is 0 Å². The Labute approximate surface area is 117 Å². The van der Waals surface area contributed by atoms with Gasteiger partial charge in [-0.2, -0.15) is 0 Å². The zero-order chi connectivity index (χ0) is 13.6. The Kier molecular flexibility index (Phi) is 2.69. The van der Waals surface area contributed by atoms with E-state index in [2.05, 4.69) is 21.2 Å². The van der Waals surface area contributed by atoms with Crippen molar-refractivity contribution in [3.63, 3.8) is 0 Å². The molecule has 0 aliphatic carbocycles. The minimum absolute atomic E-state index is 0.336. The highest BCUT2D eigenvalue weighted by molar-refractivity contribution is 9.10. The van der Waals surface area contributed by atoms with E-state index in [1.165, 1.54) is 24.3 Å². The number of aliphatic hydroxyl groups is 1. The maximum atomic E-state index is 13.0. The van der Waals surface area contributed by atoms with Gasteiger partial charge in [0, 0.05) is 15.7 Å². The lowest BCUT2D eigenvalue weighted by Crippen LogP contribution is -2.35. The number of amides is 1. The summed E-state index contributed by atoms with van der Waals surface area (Å²) >= 11 is 3.31. The second-order valence-corrected chi connectivity index (χ2v) is 5.28. The summed E-state index contributed by atoms with van der Waals surface area (Å²) in [4.78, 5) is 12.1. The molecule has 0 aromatic heterocycles. The van der Waals surface area contributed by atoms with Crippen LogP contribution in [0.3, 0.4) is 0 Å². The van der Waals surface area contributed by atoms with E-state index in [9.17, 15) is 14.3 Å². The van der Waals surface area contributed by atoms with Crippen molar-refractivity contribution in [3.05, 3.63) is 63.9 Å². The number of hydrogen-bond donors (Lipinski definition) is 2. The summed E-state index contributed by atoms with van der Waals surface area (Å²) in [5, 5.41) is 13.4. The van der Waals surface area contributed by atoms with Gasteiger partial charge in [0.25, 0.3) is 5.91 Å². The molecule has 0 unspecified atom stereocenters. The fraction of sp³-hybridized carbons (Fsp3) is 0.0714. The summed E-state index contributed by atoms with van der Waals surface area (Å²) in [5.74, 6) is -0.951. The molecule has 0 saturated carbocycles. The number of carbonyl (C=O) groups excluding carboxylic acids is 1. The predicted octanol–water partition coefficient (Wildman–Crippen LogP) is 2.78. The molecule has 96 valence electrons. The molecule has 1 heterocycles. The van der Waals surface area contributed by atoms with Crippen molar-refractivity contribution in [2.45, 2.75) is 5.60 Å². The van der Waals surface area contributed by atoms with E-state index in [0.29, 0.717) is 16.8 Å². The lowest BCUT2D eigenvalue weighted by atomic mass is 9.87. The summed E-state index contributed by atoms with van der Waals surface area (Å²) in [6, 6.07) is 10.4. The standard InChI is InChI=1S/C14H9BrFNO2/c15-9-3-6-12-11(7-9)14(19,13(18)17-12)8-1-4-10(16)5-2-8/h1-7,19H,(H,17,18)/t14-/m0/s1. The van der Waals surface area contributed by atoms with Crippen LogP contribution in [-0.4, -0.2) is 11.0 Å². The van der Waals surface area contributed by atoms with Crippen LogP contribution in [0.15, 0.2) is 46.9 Å². The second kappa shape index (κ2) is 4.15. The van der Waals surface area contributed by atoms with Crippen molar-refractivity contribution >= 4 is 27.5 Å². The third-order valence-electron chi connectivity index (χ3n) is 3.21. The Morgan fingerprint density at radius 2 is 1.84 bits per heavy atom. The number of halogens is 2. The average molecular weight is 322 g/mol. The molecule has 1 aliphatic rings. The number of hydrogen-bond acceptors (Lipinski definition) is 2. The Balaban J connectivity index is 2.21. The van der Waals surface area contributed by atoms with Gasteiger partial charge in [-0.15, -0.1) is 0 Å². The molecule has 2 aromatic carbocycles. The summed E-state index contributed by atoms with van der Waals surface area (Å²) in [7, 11) is 0. The fourth-order valence-corrected chi connectivity index (χ4v) is 2.60. The topological polar surface area (TPSA) is 49.3 Å². The lowest BCUT2D eigenvalue weighted by molar-refractivity contribution is -0.129. The summed E-state index contributed by atoms with van der Waals surface area (Å²) in [6.07, 6.45) is 0. The van der Waals surface area contributed by atoms with Crippen LogP contribution in [0.25, 0.3) is 0 Å². The SMILES string of the molecule is O=C1Nc2ccc(Br)cc2[C@@]1(O)c1ccc(F)cc1. The molecule has 0 bridgehead atoms. The molecule has 2 N–H and O–H groups in total. The van der Waals surface area contributed by atoms with Crippen LogP contribution in [-0.2, 0) is 10.4 Å². The molecule has 1 amide bonds. The van der Waals surface area contributed by atoms with Crippen molar-refractivity contribution in [3.8, 4) is 0 Å². The molecule has 19 heavy (non-hydrogen) atoms. The minimum Gasteiger partial charge on any atom is -0.372 e. The molecule has 0 radical (unpaired) electrons. The maximum Gasteiger partial charge on any atom is 0.265 e. The van der Waals surface area contributed by atoms with Crippen molar-refractivity contribution < 1.29 is 14.3 Å². The van der Waals surface area contributed by atoms with Crippen LogP contribution in [0, 0.1) is 5.82 Å². The minimum atomic E-state index is -1.78. The first kappa shape index (κ1) is 12.3. The van der Waals surface area contributed by atoms with Crippen molar-refractivity contribution in [1.82, 2.24) is 0 Å². The van der Waals surface area contributed by atoms with Gasteiger partial charge >= 0.3 is 0 Å². The van der Waals surface area contributed by atoms with Gasteiger partial charge in [0.05, 0.1) is 0 Å². The van der Waals surface area contributed by atoms with E-state index < -0.39 is 17.3 Å². The monoisotopic (exact) mass is 321 g/mol. The number of carbonyl (C=O) groups is 1. The second-order valence-electron chi connectivity index (χ2n) is 4.36. The molecular weight excluding hydrogens is 313 g/mol. The van der Waals surface area contributed by atoms with E-state index in [0.717, 1.165) is 4.47 Å². The summed E-state index contributed by atoms with van der Waals surface area (Å²) < 4.78 is 13.7. The van der Waals surface area contributed by atoms with Crippen LogP contribution in [0.4, 0.5) is 10.1 Å². The summed E-state index contributed by atoms with van der Waals surface area (Å²) in [5.41, 5.74) is -0.436. The van der Waals surface area contributed by atoms with Gasteiger partial charge in [-0.25, -0.2) is 4.39 Å². The Bertz CT molecular complexity index is 672. The first-order chi connectivity index (χ1) is 9.01. The Morgan fingerprint density at radius 1 is 1.16 bits per heavy atom. The van der Waals surface area contributed by atoms with Crippen LogP contribution < -0.4 is 5.32 Å². The zero-order valence-electron chi connectivity index (χ0n) is 9.65. The summed E-state index contributed by atoms with van der Waals surface area (Å²) in [6.45, 7) is 0. The molecule has 3 rings (SSSR count). The number of rotatable bonds is 1. The van der Waals surface area contributed by atoms with Gasteiger partial charge in [-0.1, -0.05) is 28.1 Å². The van der Waals surface area contributed by atoms with Crippen LogP contribution in [0.5, 0.6) is 0 Å². The molecule has 0 spiro atoms. The van der Waals surface area contributed by atoms with Gasteiger partial charge in [0.1, 0.15) is 5.82 Å². The van der Waals surface area contributed by atoms with E-state index in [-0.39, 0.29) is 0 Å². The molecular formula is C14H9BrFNO2. The molecule has 3 nitrogen and oxygen atoms in total. The Morgan fingerprint density at radius 3 is 2.53 bits per heavy atom. The maximum absolute atomic E-state index is 13.0.